The maximum atomic E-state index is 14.3. The van der Waals surface area contributed by atoms with Crippen LogP contribution in [-0.4, -0.2) is 168 Å². The van der Waals surface area contributed by atoms with Crippen molar-refractivity contribution in [2.24, 2.45) is 10.8 Å². The number of carbonyl (C=O) groups excluding carboxylic acids is 4. The van der Waals surface area contributed by atoms with Gasteiger partial charge in [-0.2, -0.15) is 0 Å². The van der Waals surface area contributed by atoms with Gasteiger partial charge in [-0.3, -0.25) is 14.4 Å². The van der Waals surface area contributed by atoms with E-state index in [-0.39, 0.29) is 105 Å². The number of rotatable bonds is 17. The molecular formula is C70H91ClF3N13O8. The van der Waals surface area contributed by atoms with Crippen LogP contribution in [0.25, 0.3) is 0 Å². The van der Waals surface area contributed by atoms with Crippen LogP contribution in [-0.2, 0) is 4.74 Å². The van der Waals surface area contributed by atoms with Gasteiger partial charge >= 0.3 is 6.09 Å². The highest BCUT2D eigenvalue weighted by Gasteiger charge is 2.48. The predicted octanol–water partition coefficient (Wildman–Crippen LogP) is 13.7. The van der Waals surface area contributed by atoms with Crippen molar-refractivity contribution in [3.63, 3.8) is 0 Å². The fourth-order valence-corrected chi connectivity index (χ4v) is 12.9. The summed E-state index contributed by atoms with van der Waals surface area (Å²) in [4.78, 5) is 88.1. The molecule has 7 heterocycles. The summed E-state index contributed by atoms with van der Waals surface area (Å²) in [6, 6.07) is 11.5. The summed E-state index contributed by atoms with van der Waals surface area (Å²) >= 11 is 5.96. The molecule has 3 aromatic carbocycles. The minimum atomic E-state index is -0.520. The lowest BCUT2D eigenvalue weighted by Crippen LogP contribution is -2.61. The Bertz CT molecular complexity index is 3610. The van der Waals surface area contributed by atoms with Crippen molar-refractivity contribution in [1.29, 1.82) is 0 Å². The zero-order chi connectivity index (χ0) is 69.3. The Morgan fingerprint density at radius 2 is 0.821 bits per heavy atom. The van der Waals surface area contributed by atoms with Crippen molar-refractivity contribution in [1.82, 2.24) is 54.8 Å². The monoisotopic (exact) mass is 1330 g/mol. The molecule has 4 fully saturated rings. The molecule has 4 amide bonds. The lowest BCUT2D eigenvalue weighted by molar-refractivity contribution is 0.00581. The highest BCUT2D eigenvalue weighted by Crippen LogP contribution is 2.47. The average molecular weight is 1340 g/mol. The van der Waals surface area contributed by atoms with Crippen LogP contribution in [0, 0.1) is 28.3 Å². The topological polar surface area (TPSA) is 214 Å². The second-order valence-electron chi connectivity index (χ2n) is 27.5. The molecule has 4 aliphatic heterocycles. The maximum absolute atomic E-state index is 14.3. The summed E-state index contributed by atoms with van der Waals surface area (Å²) < 4.78 is 65.6. The van der Waals surface area contributed by atoms with Crippen LogP contribution in [0.1, 0.15) is 161 Å². The number of halogens is 4. The summed E-state index contributed by atoms with van der Waals surface area (Å²) in [6.07, 6.45) is 12.6. The van der Waals surface area contributed by atoms with E-state index in [0.29, 0.717) is 47.4 Å². The van der Waals surface area contributed by atoms with Gasteiger partial charge < -0.3 is 53.7 Å². The minimum Gasteiger partial charge on any atom is -0.452 e. The van der Waals surface area contributed by atoms with E-state index >= 15 is 0 Å². The number of anilines is 2. The first-order valence-electron chi connectivity index (χ1n) is 32.5. The molecule has 0 saturated carbocycles. The molecule has 21 nitrogen and oxygen atoms in total. The Morgan fingerprint density at radius 3 is 1.16 bits per heavy atom. The molecule has 0 unspecified atom stereocenters. The fraction of sp³-hybridized carbons (Fsp3) is 0.514. The van der Waals surface area contributed by atoms with Crippen molar-refractivity contribution in [2.75, 3.05) is 62.2 Å². The Balaban J connectivity index is 0.000000188. The summed E-state index contributed by atoms with van der Waals surface area (Å²) in [7, 11) is 0. The van der Waals surface area contributed by atoms with Crippen molar-refractivity contribution in [2.45, 2.75) is 171 Å². The highest BCUT2D eigenvalue weighted by molar-refractivity contribution is 6.30. The molecule has 10 rings (SSSR count). The van der Waals surface area contributed by atoms with Crippen LogP contribution in [0.15, 0.2) is 92.2 Å². The Kier molecular flexibility index (Phi) is 23.6. The number of hydrogen-bond acceptors (Lipinski definition) is 17. The molecule has 512 valence electrons. The molecule has 0 atom stereocenters. The smallest absolute Gasteiger partial charge is 0.410 e. The van der Waals surface area contributed by atoms with Gasteiger partial charge in [-0.25, -0.2) is 47.9 Å². The molecule has 0 bridgehead atoms. The van der Waals surface area contributed by atoms with Crippen molar-refractivity contribution >= 4 is 47.1 Å². The van der Waals surface area contributed by atoms with Crippen LogP contribution in [0.2, 0.25) is 5.15 Å². The predicted molar refractivity (Wildman–Crippen MR) is 358 cm³/mol. The normalized spacial score (nSPS) is 15.6. The second kappa shape index (κ2) is 31.0. The second-order valence-corrected chi connectivity index (χ2v) is 27.8. The molecule has 4 saturated heterocycles. The molecule has 0 radical (unpaired) electrons. The molecule has 0 aliphatic carbocycles. The Labute approximate surface area is 561 Å². The van der Waals surface area contributed by atoms with Gasteiger partial charge in [-0.15, -0.1) is 0 Å². The Morgan fingerprint density at radius 1 is 0.495 bits per heavy atom. The molecular weight excluding hydrogens is 1240 g/mol. The van der Waals surface area contributed by atoms with Crippen LogP contribution < -0.4 is 29.3 Å². The van der Waals surface area contributed by atoms with E-state index < -0.39 is 23.1 Å². The summed E-state index contributed by atoms with van der Waals surface area (Å²) in [5.41, 5.74) is 0.381. The van der Waals surface area contributed by atoms with Crippen molar-refractivity contribution in [3.8, 4) is 34.5 Å². The highest BCUT2D eigenvalue weighted by atomic mass is 35.5. The van der Waals surface area contributed by atoms with Gasteiger partial charge in [0.25, 0.3) is 17.7 Å². The summed E-state index contributed by atoms with van der Waals surface area (Å²) in [6.45, 7) is 35.5. The van der Waals surface area contributed by atoms with Gasteiger partial charge in [0.15, 0.2) is 34.0 Å². The van der Waals surface area contributed by atoms with Crippen molar-refractivity contribution in [3.05, 3.63) is 131 Å². The first-order valence-corrected chi connectivity index (χ1v) is 32.9. The van der Waals surface area contributed by atoms with Gasteiger partial charge in [0.05, 0.1) is 35.3 Å². The summed E-state index contributed by atoms with van der Waals surface area (Å²) in [5.74, 6) is 0.763. The number of nitrogens with zero attached hydrogens (tertiary/aromatic N) is 12. The molecule has 4 aliphatic rings. The van der Waals surface area contributed by atoms with Gasteiger partial charge in [0, 0.05) is 86.3 Å². The number of likely N-dealkylation sites (tertiary alicyclic amines) is 1. The van der Waals surface area contributed by atoms with Crippen LogP contribution >= 0.6 is 11.6 Å². The van der Waals surface area contributed by atoms with E-state index in [4.69, 9.17) is 30.5 Å². The number of amides is 4. The fourth-order valence-electron chi connectivity index (χ4n) is 12.8. The van der Waals surface area contributed by atoms with Crippen LogP contribution in [0.3, 0.4) is 0 Å². The Hall–Kier alpha value is -8.38. The van der Waals surface area contributed by atoms with E-state index in [1.165, 1.54) is 73.7 Å². The third kappa shape index (κ3) is 18.0. The third-order valence-electron chi connectivity index (χ3n) is 17.0. The number of piperidine rings is 2. The van der Waals surface area contributed by atoms with Gasteiger partial charge in [-0.1, -0.05) is 11.6 Å². The van der Waals surface area contributed by atoms with Crippen LogP contribution in [0.5, 0.6) is 34.5 Å². The average Bonchev–Trinajstić information content (AvgIpc) is 0.763. The molecule has 2 spiro atoms. The zero-order valence-corrected chi connectivity index (χ0v) is 58.0. The molecule has 25 heteroatoms. The number of nitrogens with one attached hydrogen (secondary N) is 1. The van der Waals surface area contributed by atoms with E-state index in [9.17, 15) is 32.3 Å². The molecule has 95 heavy (non-hydrogen) atoms. The van der Waals surface area contributed by atoms with E-state index in [0.717, 1.165) is 71.0 Å². The van der Waals surface area contributed by atoms with E-state index in [1.807, 2.05) is 104 Å². The third-order valence-corrected chi connectivity index (χ3v) is 17.3. The number of hydrogen-bond donors (Lipinski definition) is 1. The number of ether oxygens (including phenoxy) is 4. The van der Waals surface area contributed by atoms with E-state index in [1.54, 1.807) is 32.0 Å². The lowest BCUT2D eigenvalue weighted by Gasteiger charge is -2.54. The van der Waals surface area contributed by atoms with E-state index in [2.05, 4.69) is 45.0 Å². The van der Waals surface area contributed by atoms with Crippen molar-refractivity contribution < 1.29 is 51.3 Å². The van der Waals surface area contributed by atoms with Gasteiger partial charge in [-0.05, 0) is 197 Å². The lowest BCUT2D eigenvalue weighted by atomic mass is 9.72. The summed E-state index contributed by atoms with van der Waals surface area (Å²) in [5, 5.41) is 3.53. The SMILES string of the molecule is CC(C)N(C(=O)c1cc(F)ccc1Oc1cncnc1Cl)C(C)C.CC(C)N(C(=O)c1cc(F)ccc1Oc1cncnc1N1CC2(CCN(C(=O)OC(C)(C)C)CC2)C1)C(C)C.CC(C)N(C(=O)c1cc(F)ccc1Oc1cncnc1N1CC2(CCNCC2)C1)C(C)C. The standard InChI is InChI=1S/C29H40FN5O4.C24H32FN5O2.C17H19ClFN3O2/c1-19(2)35(20(3)4)26(36)22-14-21(30)8-9-23(22)38-24-15-31-18-32-25(24)34-16-29(17-34)10-12-33(13-11-29)27(37)39-28(5,6)7;1-16(2)30(17(3)4)23(31)19-11-18(25)5-6-20(19)32-21-12-27-15-28-22(21)29-13-24(14-29)7-9-26-10-8-24;1-10(2)22(11(3)4)17(23)13-7-12(19)5-6-14(13)24-15-8-20-9-21-16(15)18/h8-9,14-15,18-20H,10-13,16-17H2,1-7H3;5-6,11-12,15-17,26H,7-10,13-14H2,1-4H3;5-11H,1-4H3. The van der Waals surface area contributed by atoms with Gasteiger partial charge in [0.2, 0.25) is 0 Å². The molecule has 1 N–H and O–H groups in total. The van der Waals surface area contributed by atoms with Gasteiger partial charge in [0.1, 0.15) is 59.3 Å². The molecule has 3 aromatic heterocycles. The number of aromatic nitrogens is 6. The number of benzene rings is 3. The zero-order valence-electron chi connectivity index (χ0n) is 57.3. The largest absolute Gasteiger partial charge is 0.452 e. The van der Waals surface area contributed by atoms with Crippen LogP contribution in [0.4, 0.5) is 29.6 Å². The minimum absolute atomic E-state index is 0.0310. The quantitative estimate of drug-likeness (QED) is 0.0840. The molecule has 6 aromatic rings. The number of carbonyl (C=O) groups is 4. The first kappa shape index (κ1) is 72.4. The first-order chi connectivity index (χ1) is 44.9. The maximum Gasteiger partial charge on any atom is 0.410 e.